The summed E-state index contributed by atoms with van der Waals surface area (Å²) >= 11 is 6.11. The Morgan fingerprint density at radius 1 is 1.11 bits per heavy atom. The Kier molecular flexibility index (Phi) is 7.83. The van der Waals surface area contributed by atoms with Gasteiger partial charge in [-0.15, -0.1) is 0 Å². The summed E-state index contributed by atoms with van der Waals surface area (Å²) in [6.45, 7) is 1.91. The number of carbonyl (C=O) groups excluding carboxylic acids is 1. The van der Waals surface area contributed by atoms with E-state index in [-0.39, 0.29) is 13.1 Å². The minimum atomic E-state index is -3.57. The molecule has 146 valence electrons. The maximum absolute atomic E-state index is 12.4. The summed E-state index contributed by atoms with van der Waals surface area (Å²) in [5, 5.41) is 3.22. The van der Waals surface area contributed by atoms with Gasteiger partial charge in [-0.1, -0.05) is 55.3 Å². The van der Waals surface area contributed by atoms with Gasteiger partial charge in [0.15, 0.2) is 0 Å². The summed E-state index contributed by atoms with van der Waals surface area (Å²) < 4.78 is 25.3. The van der Waals surface area contributed by atoms with E-state index in [0.717, 1.165) is 29.8 Å². The number of halogens is 1. The van der Waals surface area contributed by atoms with Gasteiger partial charge in [-0.2, -0.15) is 4.31 Å². The highest BCUT2D eigenvalue weighted by molar-refractivity contribution is 7.88. The topological polar surface area (TPSA) is 66.5 Å². The van der Waals surface area contributed by atoms with Crippen molar-refractivity contribution in [2.24, 2.45) is 0 Å². The molecule has 0 heterocycles. The smallest absolute Gasteiger partial charge is 0.239 e. The zero-order valence-electron chi connectivity index (χ0n) is 15.6. The highest BCUT2D eigenvalue weighted by Gasteiger charge is 2.21. The largest absolute Gasteiger partial charge is 0.325 e. The van der Waals surface area contributed by atoms with Crippen molar-refractivity contribution in [1.29, 1.82) is 0 Å². The van der Waals surface area contributed by atoms with Crippen LogP contribution in [0.4, 0.5) is 5.69 Å². The summed E-state index contributed by atoms with van der Waals surface area (Å²) in [7, 11) is -3.57. The second-order valence-corrected chi connectivity index (χ2v) is 8.86. The number of amides is 1. The van der Waals surface area contributed by atoms with E-state index in [1.54, 1.807) is 24.3 Å². The number of nitrogens with one attached hydrogen (secondary N) is 1. The van der Waals surface area contributed by atoms with Crippen LogP contribution in [0.1, 0.15) is 30.9 Å². The van der Waals surface area contributed by atoms with Crippen molar-refractivity contribution in [1.82, 2.24) is 4.31 Å². The van der Waals surface area contributed by atoms with Crippen molar-refractivity contribution in [3.8, 4) is 0 Å². The predicted octanol–water partition coefficient (Wildman–Crippen LogP) is 4.08. The number of rotatable bonds is 9. The summed E-state index contributed by atoms with van der Waals surface area (Å²) in [5.41, 5.74) is 2.51. The van der Waals surface area contributed by atoms with Gasteiger partial charge in [-0.25, -0.2) is 8.42 Å². The molecule has 0 fully saturated rings. The minimum Gasteiger partial charge on any atom is -0.325 e. The molecule has 7 heteroatoms. The van der Waals surface area contributed by atoms with E-state index in [0.29, 0.717) is 16.3 Å². The van der Waals surface area contributed by atoms with Gasteiger partial charge in [-0.3, -0.25) is 4.79 Å². The van der Waals surface area contributed by atoms with Crippen LogP contribution < -0.4 is 5.32 Å². The van der Waals surface area contributed by atoms with E-state index in [2.05, 4.69) is 12.2 Å². The first-order valence-electron chi connectivity index (χ1n) is 8.87. The van der Waals surface area contributed by atoms with E-state index >= 15 is 0 Å². The van der Waals surface area contributed by atoms with Crippen LogP contribution >= 0.6 is 11.6 Å². The zero-order chi connectivity index (χ0) is 19.9. The third-order valence-electron chi connectivity index (χ3n) is 4.15. The van der Waals surface area contributed by atoms with Crippen LogP contribution in [0, 0.1) is 0 Å². The number of nitrogens with zero attached hydrogens (tertiary/aromatic N) is 1. The number of sulfonamides is 1. The quantitative estimate of drug-likeness (QED) is 0.679. The van der Waals surface area contributed by atoms with Crippen molar-refractivity contribution in [2.75, 3.05) is 18.1 Å². The van der Waals surface area contributed by atoms with Gasteiger partial charge in [-0.05, 0) is 42.2 Å². The van der Waals surface area contributed by atoms with E-state index < -0.39 is 15.9 Å². The molecular weight excluding hydrogens is 384 g/mol. The Hall–Kier alpha value is -1.89. The molecule has 0 aromatic heterocycles. The molecule has 1 N–H and O–H groups in total. The molecule has 0 saturated carbocycles. The number of hydrogen-bond acceptors (Lipinski definition) is 3. The highest BCUT2D eigenvalue weighted by Crippen LogP contribution is 2.18. The average Bonchev–Trinajstić information content (AvgIpc) is 2.61. The van der Waals surface area contributed by atoms with Crippen molar-refractivity contribution in [2.45, 2.75) is 32.7 Å². The summed E-state index contributed by atoms with van der Waals surface area (Å²) in [6, 6.07) is 14.6. The van der Waals surface area contributed by atoms with Gasteiger partial charge in [0, 0.05) is 17.3 Å². The number of unbranched alkanes of at least 4 members (excludes halogenated alkanes) is 1. The van der Waals surface area contributed by atoms with Gasteiger partial charge < -0.3 is 5.32 Å². The van der Waals surface area contributed by atoms with E-state index in [1.807, 2.05) is 24.3 Å². The number of carbonyl (C=O) groups is 1. The molecule has 0 saturated heterocycles. The van der Waals surface area contributed by atoms with Gasteiger partial charge in [0.05, 0.1) is 12.8 Å². The van der Waals surface area contributed by atoms with Gasteiger partial charge in [0.1, 0.15) is 0 Å². The molecule has 27 heavy (non-hydrogen) atoms. The van der Waals surface area contributed by atoms with E-state index in [4.69, 9.17) is 11.6 Å². The first-order valence-corrected chi connectivity index (χ1v) is 11.1. The lowest BCUT2D eigenvalue weighted by Crippen LogP contribution is -2.37. The lowest BCUT2D eigenvalue weighted by Gasteiger charge is -2.20. The highest BCUT2D eigenvalue weighted by atomic mass is 35.5. The molecular formula is C20H25ClN2O3S. The zero-order valence-corrected chi connectivity index (χ0v) is 17.2. The Bertz CT molecular complexity index is 867. The first-order chi connectivity index (χ1) is 12.8. The number of hydrogen-bond donors (Lipinski definition) is 1. The average molecular weight is 409 g/mol. The fraction of sp³-hybridized carbons (Fsp3) is 0.350. The Balaban J connectivity index is 2.02. The molecule has 0 aliphatic rings. The Morgan fingerprint density at radius 3 is 2.37 bits per heavy atom. The fourth-order valence-corrected chi connectivity index (χ4v) is 3.52. The number of anilines is 1. The van der Waals surface area contributed by atoms with Crippen LogP contribution in [0.25, 0.3) is 0 Å². The molecule has 0 aliphatic carbocycles. The molecule has 0 radical (unpaired) electrons. The van der Waals surface area contributed by atoms with Crippen molar-refractivity contribution < 1.29 is 13.2 Å². The van der Waals surface area contributed by atoms with Crippen LogP contribution in [0.5, 0.6) is 0 Å². The molecule has 5 nitrogen and oxygen atoms in total. The molecule has 2 rings (SSSR count). The third kappa shape index (κ3) is 6.97. The summed E-state index contributed by atoms with van der Waals surface area (Å²) in [4.78, 5) is 12.4. The van der Waals surface area contributed by atoms with Crippen LogP contribution in [-0.4, -0.2) is 31.4 Å². The van der Waals surface area contributed by atoms with Crippen LogP contribution in [0.3, 0.4) is 0 Å². The van der Waals surface area contributed by atoms with Crippen molar-refractivity contribution in [3.05, 3.63) is 64.7 Å². The molecule has 1 amide bonds. The normalized spacial score (nSPS) is 11.6. The maximum Gasteiger partial charge on any atom is 0.239 e. The second-order valence-electron chi connectivity index (χ2n) is 6.47. The molecule has 0 bridgehead atoms. The molecule has 0 spiro atoms. The molecule has 2 aromatic rings. The lowest BCUT2D eigenvalue weighted by atomic mass is 10.1. The first kappa shape index (κ1) is 21.4. The third-order valence-corrected chi connectivity index (χ3v) is 5.72. The van der Waals surface area contributed by atoms with E-state index in [1.165, 1.54) is 5.56 Å². The lowest BCUT2D eigenvalue weighted by molar-refractivity contribution is -0.116. The molecule has 0 unspecified atom stereocenters. The summed E-state index contributed by atoms with van der Waals surface area (Å²) in [6.07, 6.45) is 4.34. The van der Waals surface area contributed by atoms with Crippen molar-refractivity contribution in [3.63, 3.8) is 0 Å². The number of aryl methyl sites for hydroxylation is 1. The number of benzene rings is 2. The standard InChI is InChI=1S/C20H25ClN2O3S/c1-3-4-7-16-10-12-18(13-11-16)22-20(24)15-23(27(2,25)26)14-17-8-5-6-9-19(17)21/h5-6,8-13H,3-4,7,14-15H2,1-2H3,(H,22,24). The molecule has 0 aliphatic heterocycles. The maximum atomic E-state index is 12.4. The fourth-order valence-electron chi connectivity index (χ4n) is 2.60. The Labute approximate surface area is 166 Å². The molecule has 2 aromatic carbocycles. The van der Waals surface area contributed by atoms with Gasteiger partial charge >= 0.3 is 0 Å². The van der Waals surface area contributed by atoms with E-state index in [9.17, 15) is 13.2 Å². The van der Waals surface area contributed by atoms with Crippen molar-refractivity contribution >= 4 is 33.2 Å². The van der Waals surface area contributed by atoms with Gasteiger partial charge in [0.25, 0.3) is 0 Å². The van der Waals surface area contributed by atoms with Crippen LogP contribution in [-0.2, 0) is 27.8 Å². The van der Waals surface area contributed by atoms with Crippen LogP contribution in [0.15, 0.2) is 48.5 Å². The second kappa shape index (κ2) is 9.88. The predicted molar refractivity (Wildman–Crippen MR) is 110 cm³/mol. The molecule has 0 atom stereocenters. The Morgan fingerprint density at radius 2 is 1.78 bits per heavy atom. The summed E-state index contributed by atoms with van der Waals surface area (Å²) in [5.74, 6) is -0.395. The van der Waals surface area contributed by atoms with Crippen LogP contribution in [0.2, 0.25) is 5.02 Å². The minimum absolute atomic E-state index is 0.0435. The van der Waals surface area contributed by atoms with Gasteiger partial charge in [0.2, 0.25) is 15.9 Å². The SMILES string of the molecule is CCCCc1ccc(NC(=O)CN(Cc2ccccc2Cl)S(C)(=O)=O)cc1. The monoisotopic (exact) mass is 408 g/mol.